The largest absolute Gasteiger partial charge is 0.493 e. The molecule has 0 saturated carbocycles. The Morgan fingerprint density at radius 1 is 1.29 bits per heavy atom. The molecule has 2 aromatic carbocycles. The Morgan fingerprint density at radius 2 is 2.03 bits per heavy atom. The quantitative estimate of drug-likeness (QED) is 0.429. The smallest absolute Gasteiger partial charge is 0.346 e. The van der Waals surface area contributed by atoms with Crippen molar-refractivity contribution in [2.24, 2.45) is 5.10 Å². The van der Waals surface area contributed by atoms with Crippen LogP contribution in [0.1, 0.15) is 23.0 Å². The summed E-state index contributed by atoms with van der Waals surface area (Å²) in [6.07, 6.45) is 1.36. The molecule has 0 unspecified atom stereocenters. The van der Waals surface area contributed by atoms with E-state index in [1.807, 2.05) is 6.92 Å². The van der Waals surface area contributed by atoms with Gasteiger partial charge in [0, 0.05) is 5.56 Å². The maximum atomic E-state index is 13.1. The molecule has 2 N–H and O–H groups in total. The van der Waals surface area contributed by atoms with E-state index in [1.54, 1.807) is 12.1 Å². The van der Waals surface area contributed by atoms with Crippen LogP contribution in [0.5, 0.6) is 11.5 Å². The molecule has 3 rings (SSSR count). The van der Waals surface area contributed by atoms with E-state index in [1.165, 1.54) is 43.7 Å². The lowest BCUT2D eigenvalue weighted by Gasteiger charge is -2.11. The number of H-pyrrole nitrogens is 1. The number of methoxy groups -OCH3 is 1. The third-order valence-corrected chi connectivity index (χ3v) is 4.33. The van der Waals surface area contributed by atoms with Crippen LogP contribution < -0.4 is 20.6 Å². The van der Waals surface area contributed by atoms with E-state index >= 15 is 0 Å². The number of nitrogens with one attached hydrogen (secondary N) is 2. The van der Waals surface area contributed by atoms with Gasteiger partial charge < -0.3 is 14.5 Å². The van der Waals surface area contributed by atoms with Gasteiger partial charge in [0.2, 0.25) is 0 Å². The summed E-state index contributed by atoms with van der Waals surface area (Å²) < 4.78 is 23.8. The van der Waals surface area contributed by atoms with Crippen LogP contribution in [-0.4, -0.2) is 35.8 Å². The molecular weight excluding hydrogens is 427 g/mol. The Labute approximate surface area is 181 Å². The molecule has 10 heteroatoms. The average molecular weight is 445 g/mol. The molecule has 0 radical (unpaired) electrons. The molecular formula is C21H18ClFN4O4. The zero-order valence-corrected chi connectivity index (χ0v) is 17.4. The minimum atomic E-state index is -0.723. The number of hydrazone groups is 1. The zero-order valence-electron chi connectivity index (χ0n) is 16.6. The van der Waals surface area contributed by atoms with Gasteiger partial charge in [0.1, 0.15) is 11.5 Å². The molecule has 0 aliphatic rings. The first-order valence-corrected chi connectivity index (χ1v) is 9.50. The Balaban J connectivity index is 1.78. The highest BCUT2D eigenvalue weighted by atomic mass is 35.5. The van der Waals surface area contributed by atoms with E-state index in [0.29, 0.717) is 34.3 Å². The molecule has 0 bridgehead atoms. The number of benzene rings is 2. The van der Waals surface area contributed by atoms with Crippen molar-refractivity contribution in [3.63, 3.8) is 0 Å². The lowest BCUT2D eigenvalue weighted by Crippen LogP contribution is -2.24. The second-order valence-electron chi connectivity index (χ2n) is 6.16. The number of hydrogen-bond donors (Lipinski definition) is 2. The summed E-state index contributed by atoms with van der Waals surface area (Å²) in [6.45, 7) is 2.25. The topological polar surface area (TPSA) is 106 Å². The van der Waals surface area contributed by atoms with Gasteiger partial charge in [-0.2, -0.15) is 10.1 Å². The van der Waals surface area contributed by atoms with E-state index in [2.05, 4.69) is 20.5 Å². The summed E-state index contributed by atoms with van der Waals surface area (Å²) in [5, 5.41) is 4.21. The summed E-state index contributed by atoms with van der Waals surface area (Å²) in [5.74, 6) is -0.255. The highest BCUT2D eigenvalue weighted by molar-refractivity contribution is 6.32. The number of nitrogens with zero attached hydrogens (tertiary/aromatic N) is 2. The van der Waals surface area contributed by atoms with Crippen LogP contribution in [0.4, 0.5) is 4.39 Å². The molecule has 0 atom stereocenters. The maximum Gasteiger partial charge on any atom is 0.346 e. The van der Waals surface area contributed by atoms with Gasteiger partial charge >= 0.3 is 5.69 Å². The first-order chi connectivity index (χ1) is 14.9. The number of carbonyl (C=O) groups excluding carboxylic acids is 1. The molecule has 0 fully saturated rings. The predicted octanol–water partition coefficient (Wildman–Crippen LogP) is 3.40. The minimum absolute atomic E-state index is 0.0567. The number of ether oxygens (including phenoxy) is 2. The molecule has 0 saturated heterocycles. The molecule has 3 aromatic rings. The summed E-state index contributed by atoms with van der Waals surface area (Å²) in [7, 11) is 1.48. The van der Waals surface area contributed by atoms with Gasteiger partial charge in [-0.25, -0.2) is 14.6 Å². The molecule has 160 valence electrons. The molecule has 31 heavy (non-hydrogen) atoms. The first-order valence-electron chi connectivity index (χ1n) is 9.12. The fourth-order valence-electron chi connectivity index (χ4n) is 2.67. The lowest BCUT2D eigenvalue weighted by atomic mass is 10.1. The predicted molar refractivity (Wildman–Crippen MR) is 114 cm³/mol. The van der Waals surface area contributed by atoms with E-state index in [-0.39, 0.29) is 11.4 Å². The van der Waals surface area contributed by atoms with Crippen molar-refractivity contribution in [1.82, 2.24) is 15.4 Å². The van der Waals surface area contributed by atoms with E-state index in [9.17, 15) is 14.0 Å². The van der Waals surface area contributed by atoms with Crippen LogP contribution in [0.2, 0.25) is 5.02 Å². The van der Waals surface area contributed by atoms with Gasteiger partial charge in [-0.15, -0.1) is 0 Å². The fourth-order valence-corrected chi connectivity index (χ4v) is 2.95. The zero-order chi connectivity index (χ0) is 22.4. The second kappa shape index (κ2) is 9.86. The van der Waals surface area contributed by atoms with Crippen LogP contribution in [0, 0.1) is 5.82 Å². The number of amides is 1. The van der Waals surface area contributed by atoms with Crippen molar-refractivity contribution in [2.45, 2.75) is 6.92 Å². The van der Waals surface area contributed by atoms with E-state index < -0.39 is 17.4 Å². The molecule has 8 nitrogen and oxygen atoms in total. The van der Waals surface area contributed by atoms with Crippen LogP contribution in [0.25, 0.3) is 11.3 Å². The molecule has 0 spiro atoms. The fraction of sp³-hybridized carbons (Fsp3) is 0.143. The SMILES string of the molecule is CCOc1c(Cl)cc(/C=N/NC(=O)c2cc(-c3ccc(F)cc3)nc(=O)[nH]2)cc1OC. The number of aromatic amines is 1. The number of carbonyl (C=O) groups is 1. The van der Waals surface area contributed by atoms with Gasteiger partial charge in [-0.05, 0) is 55.0 Å². The summed E-state index contributed by atoms with van der Waals surface area (Å²) in [6, 6.07) is 10.0. The number of aromatic nitrogens is 2. The molecule has 1 heterocycles. The first kappa shape index (κ1) is 22.0. The molecule has 1 amide bonds. The Kier molecular flexibility index (Phi) is 6.99. The van der Waals surface area contributed by atoms with Crippen molar-refractivity contribution in [1.29, 1.82) is 0 Å². The normalized spacial score (nSPS) is 10.8. The Morgan fingerprint density at radius 3 is 2.71 bits per heavy atom. The third kappa shape index (κ3) is 5.46. The van der Waals surface area contributed by atoms with Gasteiger partial charge in [0.05, 0.1) is 30.6 Å². The summed E-state index contributed by atoms with van der Waals surface area (Å²) in [5.41, 5.74) is 2.80. The van der Waals surface area contributed by atoms with Gasteiger partial charge in [-0.1, -0.05) is 11.6 Å². The highest BCUT2D eigenvalue weighted by Gasteiger charge is 2.12. The van der Waals surface area contributed by atoms with Crippen LogP contribution in [0.15, 0.2) is 52.4 Å². The second-order valence-corrected chi connectivity index (χ2v) is 6.57. The van der Waals surface area contributed by atoms with Gasteiger partial charge in [0.15, 0.2) is 11.5 Å². The number of hydrogen-bond acceptors (Lipinski definition) is 6. The lowest BCUT2D eigenvalue weighted by molar-refractivity contribution is 0.0949. The van der Waals surface area contributed by atoms with Crippen molar-refractivity contribution in [2.75, 3.05) is 13.7 Å². The maximum absolute atomic E-state index is 13.1. The molecule has 0 aliphatic heterocycles. The van der Waals surface area contributed by atoms with Crippen molar-refractivity contribution in [3.8, 4) is 22.8 Å². The minimum Gasteiger partial charge on any atom is -0.493 e. The Hall–Kier alpha value is -3.72. The van der Waals surface area contributed by atoms with Crippen LogP contribution >= 0.6 is 11.6 Å². The standard InChI is InChI=1S/C21H18ClFN4O4/c1-3-31-19-15(22)8-12(9-18(19)30-2)11-24-27-20(28)17-10-16(25-21(29)26-17)13-4-6-14(23)7-5-13/h4-11H,3H2,1-2H3,(H,27,28)(H,25,26,29)/b24-11+. The number of halogens is 2. The van der Waals surface area contributed by atoms with Crippen molar-refractivity contribution in [3.05, 3.63) is 75.0 Å². The third-order valence-electron chi connectivity index (χ3n) is 4.05. The monoisotopic (exact) mass is 444 g/mol. The van der Waals surface area contributed by atoms with E-state index in [4.69, 9.17) is 21.1 Å². The number of rotatable bonds is 7. The molecule has 1 aromatic heterocycles. The summed E-state index contributed by atoms with van der Waals surface area (Å²) in [4.78, 5) is 30.4. The van der Waals surface area contributed by atoms with Gasteiger partial charge in [0.25, 0.3) is 5.91 Å². The Bertz CT molecular complexity index is 1180. The van der Waals surface area contributed by atoms with Crippen molar-refractivity contribution < 1.29 is 18.7 Å². The van der Waals surface area contributed by atoms with E-state index in [0.717, 1.165) is 0 Å². The average Bonchev–Trinajstić information content (AvgIpc) is 2.75. The molecule has 0 aliphatic carbocycles. The highest BCUT2D eigenvalue weighted by Crippen LogP contribution is 2.35. The van der Waals surface area contributed by atoms with Gasteiger partial charge in [-0.3, -0.25) is 4.79 Å². The van der Waals surface area contributed by atoms with Crippen LogP contribution in [0.3, 0.4) is 0 Å². The van der Waals surface area contributed by atoms with Crippen molar-refractivity contribution >= 4 is 23.7 Å². The van der Waals surface area contributed by atoms with Crippen LogP contribution in [-0.2, 0) is 0 Å². The summed E-state index contributed by atoms with van der Waals surface area (Å²) >= 11 is 6.21.